The second kappa shape index (κ2) is 5.27. The normalized spacial score (nSPS) is 9.89. The number of hydrogen-bond acceptors (Lipinski definition) is 4. The highest BCUT2D eigenvalue weighted by Gasteiger charge is 2.09. The number of aryl methyl sites for hydroxylation is 1. The van der Waals surface area contributed by atoms with Crippen molar-refractivity contribution in [2.24, 2.45) is 0 Å². The van der Waals surface area contributed by atoms with Gasteiger partial charge in [0, 0.05) is 18.3 Å². The van der Waals surface area contributed by atoms with E-state index >= 15 is 0 Å². The topological polar surface area (TPSA) is 66.9 Å². The average Bonchev–Trinajstić information content (AvgIpc) is 2.39. The summed E-state index contributed by atoms with van der Waals surface area (Å²) in [6.45, 7) is 1.90. The van der Waals surface area contributed by atoms with Gasteiger partial charge < -0.3 is 10.6 Å². The highest BCUT2D eigenvalue weighted by atomic mass is 16.1. The molecule has 1 heterocycles. The zero-order chi connectivity index (χ0) is 13.0. The first kappa shape index (κ1) is 12.0. The lowest BCUT2D eigenvalue weighted by Crippen LogP contribution is -2.13. The standard InChI is InChI=1S/C13H14N4O/c1-9-5-10(14-2)3-4-12(9)13(18)17-11-6-15-8-16-7-11/h3-8,14H,1-2H3,(H,17,18). The van der Waals surface area contributed by atoms with Crippen molar-refractivity contribution < 1.29 is 4.79 Å². The monoisotopic (exact) mass is 242 g/mol. The molecule has 0 bridgehead atoms. The van der Waals surface area contributed by atoms with Gasteiger partial charge in [0.05, 0.1) is 18.1 Å². The van der Waals surface area contributed by atoms with Crippen LogP contribution in [0, 0.1) is 6.92 Å². The van der Waals surface area contributed by atoms with Gasteiger partial charge >= 0.3 is 0 Å². The minimum Gasteiger partial charge on any atom is -0.388 e. The van der Waals surface area contributed by atoms with Crippen molar-refractivity contribution in [2.45, 2.75) is 6.92 Å². The van der Waals surface area contributed by atoms with Gasteiger partial charge in [0.1, 0.15) is 6.33 Å². The summed E-state index contributed by atoms with van der Waals surface area (Å²) >= 11 is 0. The predicted octanol–water partition coefficient (Wildman–Crippen LogP) is 2.08. The largest absolute Gasteiger partial charge is 0.388 e. The van der Waals surface area contributed by atoms with Crippen molar-refractivity contribution in [1.29, 1.82) is 0 Å². The Balaban J connectivity index is 2.19. The molecule has 2 rings (SSSR count). The van der Waals surface area contributed by atoms with Crippen LogP contribution >= 0.6 is 0 Å². The molecule has 2 N–H and O–H groups in total. The van der Waals surface area contributed by atoms with E-state index in [0.29, 0.717) is 11.3 Å². The summed E-state index contributed by atoms with van der Waals surface area (Å²) in [5.41, 5.74) is 3.11. The third kappa shape index (κ3) is 2.63. The summed E-state index contributed by atoms with van der Waals surface area (Å²) in [4.78, 5) is 19.7. The molecular weight excluding hydrogens is 228 g/mol. The van der Waals surface area contributed by atoms with Crippen LogP contribution < -0.4 is 10.6 Å². The third-order valence-corrected chi connectivity index (χ3v) is 2.58. The molecular formula is C13H14N4O. The Hall–Kier alpha value is -2.43. The van der Waals surface area contributed by atoms with Gasteiger partial charge in [0.25, 0.3) is 5.91 Å². The number of nitrogens with zero attached hydrogens (tertiary/aromatic N) is 2. The molecule has 0 fully saturated rings. The highest BCUT2D eigenvalue weighted by molar-refractivity contribution is 6.05. The number of aromatic nitrogens is 2. The molecule has 1 amide bonds. The molecule has 2 aromatic rings. The van der Waals surface area contributed by atoms with Crippen LogP contribution in [0.3, 0.4) is 0 Å². The van der Waals surface area contributed by atoms with E-state index in [1.807, 2.05) is 26.1 Å². The fourth-order valence-corrected chi connectivity index (χ4v) is 1.64. The summed E-state index contributed by atoms with van der Waals surface area (Å²) in [6, 6.07) is 5.58. The zero-order valence-corrected chi connectivity index (χ0v) is 10.3. The molecule has 0 unspecified atom stereocenters. The lowest BCUT2D eigenvalue weighted by atomic mass is 10.1. The van der Waals surface area contributed by atoms with Crippen LogP contribution in [0.25, 0.3) is 0 Å². The van der Waals surface area contributed by atoms with E-state index in [4.69, 9.17) is 0 Å². The van der Waals surface area contributed by atoms with Gasteiger partial charge in [0.2, 0.25) is 0 Å². The van der Waals surface area contributed by atoms with E-state index in [2.05, 4.69) is 20.6 Å². The summed E-state index contributed by atoms with van der Waals surface area (Å²) in [7, 11) is 1.84. The molecule has 18 heavy (non-hydrogen) atoms. The highest BCUT2D eigenvalue weighted by Crippen LogP contribution is 2.16. The number of anilines is 2. The lowest BCUT2D eigenvalue weighted by Gasteiger charge is -2.08. The van der Waals surface area contributed by atoms with Gasteiger partial charge in [-0.25, -0.2) is 9.97 Å². The lowest BCUT2D eigenvalue weighted by molar-refractivity contribution is 0.102. The molecule has 0 aliphatic carbocycles. The number of nitrogens with one attached hydrogen (secondary N) is 2. The summed E-state index contributed by atoms with van der Waals surface area (Å²) < 4.78 is 0. The van der Waals surface area contributed by atoms with Crippen LogP contribution in [0.2, 0.25) is 0 Å². The summed E-state index contributed by atoms with van der Waals surface area (Å²) in [6.07, 6.45) is 4.53. The minimum atomic E-state index is -0.162. The van der Waals surface area contributed by atoms with E-state index in [1.54, 1.807) is 18.5 Å². The zero-order valence-electron chi connectivity index (χ0n) is 10.3. The number of amides is 1. The van der Waals surface area contributed by atoms with Gasteiger partial charge in [-0.3, -0.25) is 4.79 Å². The van der Waals surface area contributed by atoms with E-state index in [1.165, 1.54) is 6.33 Å². The Morgan fingerprint density at radius 3 is 2.50 bits per heavy atom. The van der Waals surface area contributed by atoms with Crippen molar-refractivity contribution in [2.75, 3.05) is 17.7 Å². The second-order valence-electron chi connectivity index (χ2n) is 3.86. The van der Waals surface area contributed by atoms with Gasteiger partial charge in [-0.1, -0.05) is 0 Å². The van der Waals surface area contributed by atoms with E-state index < -0.39 is 0 Å². The fraction of sp³-hybridized carbons (Fsp3) is 0.154. The third-order valence-electron chi connectivity index (χ3n) is 2.58. The Morgan fingerprint density at radius 2 is 1.89 bits per heavy atom. The fourth-order valence-electron chi connectivity index (χ4n) is 1.64. The average molecular weight is 242 g/mol. The van der Waals surface area contributed by atoms with Gasteiger partial charge in [-0.05, 0) is 30.7 Å². The SMILES string of the molecule is CNc1ccc(C(=O)Nc2cncnc2)c(C)c1. The molecule has 0 saturated heterocycles. The van der Waals surface area contributed by atoms with Crippen molar-refractivity contribution in [3.8, 4) is 0 Å². The predicted molar refractivity (Wildman–Crippen MR) is 70.7 cm³/mol. The molecule has 0 radical (unpaired) electrons. The molecule has 0 aliphatic heterocycles. The molecule has 0 spiro atoms. The number of benzene rings is 1. The minimum absolute atomic E-state index is 0.162. The van der Waals surface area contributed by atoms with E-state index in [-0.39, 0.29) is 5.91 Å². The smallest absolute Gasteiger partial charge is 0.256 e. The summed E-state index contributed by atoms with van der Waals surface area (Å²) in [5.74, 6) is -0.162. The van der Waals surface area contributed by atoms with Crippen LogP contribution in [-0.2, 0) is 0 Å². The maximum atomic E-state index is 12.0. The van der Waals surface area contributed by atoms with Crippen molar-refractivity contribution >= 4 is 17.3 Å². The van der Waals surface area contributed by atoms with Crippen LogP contribution in [-0.4, -0.2) is 22.9 Å². The summed E-state index contributed by atoms with van der Waals surface area (Å²) in [5, 5.41) is 5.78. The second-order valence-corrected chi connectivity index (χ2v) is 3.86. The van der Waals surface area contributed by atoms with E-state index in [0.717, 1.165) is 11.3 Å². The van der Waals surface area contributed by atoms with Gasteiger partial charge in [-0.15, -0.1) is 0 Å². The first-order valence-electron chi connectivity index (χ1n) is 5.55. The molecule has 0 atom stereocenters. The molecule has 5 heteroatoms. The van der Waals surface area contributed by atoms with Crippen LogP contribution in [0.1, 0.15) is 15.9 Å². The Kier molecular flexibility index (Phi) is 3.52. The first-order chi connectivity index (χ1) is 8.70. The molecule has 0 aliphatic rings. The van der Waals surface area contributed by atoms with Crippen LogP contribution in [0.15, 0.2) is 36.9 Å². The molecule has 1 aromatic carbocycles. The number of carbonyl (C=O) groups is 1. The molecule has 1 aromatic heterocycles. The maximum Gasteiger partial charge on any atom is 0.256 e. The molecule has 5 nitrogen and oxygen atoms in total. The van der Waals surface area contributed by atoms with Gasteiger partial charge in [-0.2, -0.15) is 0 Å². The number of rotatable bonds is 3. The first-order valence-corrected chi connectivity index (χ1v) is 5.55. The van der Waals surface area contributed by atoms with Crippen molar-refractivity contribution in [1.82, 2.24) is 9.97 Å². The Labute approximate surface area is 105 Å². The number of carbonyl (C=O) groups excluding carboxylic acids is 1. The van der Waals surface area contributed by atoms with Crippen molar-refractivity contribution in [3.63, 3.8) is 0 Å². The van der Waals surface area contributed by atoms with Crippen LogP contribution in [0.4, 0.5) is 11.4 Å². The van der Waals surface area contributed by atoms with E-state index in [9.17, 15) is 4.79 Å². The molecule has 0 saturated carbocycles. The van der Waals surface area contributed by atoms with Gasteiger partial charge in [0.15, 0.2) is 0 Å². The van der Waals surface area contributed by atoms with Crippen LogP contribution in [0.5, 0.6) is 0 Å². The number of hydrogen-bond donors (Lipinski definition) is 2. The maximum absolute atomic E-state index is 12.0. The Bertz CT molecular complexity index is 554. The Morgan fingerprint density at radius 1 is 1.17 bits per heavy atom. The van der Waals surface area contributed by atoms with Crippen molar-refractivity contribution in [3.05, 3.63) is 48.0 Å². The quantitative estimate of drug-likeness (QED) is 0.864. The molecule has 92 valence electrons.